The molecule has 0 spiro atoms. The summed E-state index contributed by atoms with van der Waals surface area (Å²) in [5, 5.41) is 0. The molecule has 0 radical (unpaired) electrons. The lowest BCUT2D eigenvalue weighted by Crippen LogP contribution is -1.89. The minimum Gasteiger partial charge on any atom is -0.303 e. The molecular formula is C12H15FO. The summed E-state index contributed by atoms with van der Waals surface area (Å²) in [6.07, 6.45) is 3.69. The van der Waals surface area contributed by atoms with Gasteiger partial charge in [0.05, 0.1) is 6.67 Å². The minimum atomic E-state index is -0.257. The summed E-state index contributed by atoms with van der Waals surface area (Å²) in [4.78, 5) is 10.1. The fourth-order valence-electron chi connectivity index (χ4n) is 1.37. The molecule has 1 rings (SSSR count). The van der Waals surface area contributed by atoms with Crippen molar-refractivity contribution in [2.75, 3.05) is 6.67 Å². The fraction of sp³-hybridized carbons (Fsp3) is 0.417. The average molecular weight is 194 g/mol. The first-order chi connectivity index (χ1) is 6.86. The van der Waals surface area contributed by atoms with Gasteiger partial charge in [0, 0.05) is 6.42 Å². The van der Waals surface area contributed by atoms with Crippen LogP contribution in [-0.2, 0) is 17.6 Å². The van der Waals surface area contributed by atoms with Crippen molar-refractivity contribution in [3.8, 4) is 0 Å². The monoisotopic (exact) mass is 194 g/mol. The second-order valence-electron chi connectivity index (χ2n) is 3.31. The van der Waals surface area contributed by atoms with Gasteiger partial charge in [-0.15, -0.1) is 0 Å². The minimum absolute atomic E-state index is 0.257. The smallest absolute Gasteiger partial charge is 0.120 e. The maximum absolute atomic E-state index is 11.9. The van der Waals surface area contributed by atoms with Crippen molar-refractivity contribution >= 4 is 6.29 Å². The van der Waals surface area contributed by atoms with Gasteiger partial charge in [0.15, 0.2) is 0 Å². The Bertz CT molecular complexity index is 266. The molecule has 14 heavy (non-hydrogen) atoms. The zero-order valence-electron chi connectivity index (χ0n) is 8.21. The third-order valence-electron chi connectivity index (χ3n) is 2.17. The molecular weight excluding hydrogens is 179 g/mol. The van der Waals surface area contributed by atoms with Crippen LogP contribution >= 0.6 is 0 Å². The van der Waals surface area contributed by atoms with E-state index >= 15 is 0 Å². The van der Waals surface area contributed by atoms with E-state index in [9.17, 15) is 9.18 Å². The van der Waals surface area contributed by atoms with E-state index in [1.807, 2.05) is 24.3 Å². The van der Waals surface area contributed by atoms with Crippen molar-refractivity contribution in [3.63, 3.8) is 0 Å². The molecule has 0 saturated heterocycles. The van der Waals surface area contributed by atoms with Crippen molar-refractivity contribution in [2.24, 2.45) is 0 Å². The van der Waals surface area contributed by atoms with Crippen LogP contribution in [0.5, 0.6) is 0 Å². The number of aldehydes is 1. The first-order valence-corrected chi connectivity index (χ1v) is 4.94. The molecule has 1 aromatic rings. The molecule has 0 saturated carbocycles. The Labute approximate surface area is 83.9 Å². The Kier molecular flexibility index (Phi) is 4.90. The van der Waals surface area contributed by atoms with E-state index in [2.05, 4.69) is 0 Å². The van der Waals surface area contributed by atoms with E-state index in [1.165, 1.54) is 5.56 Å². The highest BCUT2D eigenvalue weighted by Gasteiger charge is 1.95. The summed E-state index contributed by atoms with van der Waals surface area (Å²) >= 11 is 0. The zero-order chi connectivity index (χ0) is 10.2. The highest BCUT2D eigenvalue weighted by molar-refractivity contribution is 5.50. The summed E-state index contributed by atoms with van der Waals surface area (Å²) < 4.78 is 11.9. The van der Waals surface area contributed by atoms with Crippen LogP contribution in [0.2, 0.25) is 0 Å². The van der Waals surface area contributed by atoms with Gasteiger partial charge < -0.3 is 4.79 Å². The van der Waals surface area contributed by atoms with Gasteiger partial charge >= 0.3 is 0 Å². The van der Waals surface area contributed by atoms with Crippen LogP contribution in [0.3, 0.4) is 0 Å². The molecule has 76 valence electrons. The Balaban J connectivity index is 2.46. The number of hydrogen-bond acceptors (Lipinski definition) is 1. The van der Waals surface area contributed by atoms with Gasteiger partial charge in [-0.25, -0.2) is 0 Å². The predicted molar refractivity (Wildman–Crippen MR) is 55.1 cm³/mol. The van der Waals surface area contributed by atoms with Crippen molar-refractivity contribution in [2.45, 2.75) is 25.7 Å². The second-order valence-corrected chi connectivity index (χ2v) is 3.31. The van der Waals surface area contributed by atoms with Crippen LogP contribution in [0.1, 0.15) is 24.0 Å². The molecule has 0 aliphatic rings. The summed E-state index contributed by atoms with van der Waals surface area (Å²) in [5.41, 5.74) is 2.33. The molecule has 0 aromatic heterocycles. The van der Waals surface area contributed by atoms with E-state index in [4.69, 9.17) is 0 Å². The lowest BCUT2D eigenvalue weighted by molar-refractivity contribution is -0.107. The molecule has 0 aliphatic heterocycles. The molecule has 0 atom stereocenters. The Morgan fingerprint density at radius 1 is 1.07 bits per heavy atom. The number of alkyl halides is 1. The maximum Gasteiger partial charge on any atom is 0.120 e. The van der Waals surface area contributed by atoms with Crippen LogP contribution in [0.25, 0.3) is 0 Å². The lowest BCUT2D eigenvalue weighted by atomic mass is 10.1. The van der Waals surface area contributed by atoms with Crippen LogP contribution < -0.4 is 0 Å². The first kappa shape index (κ1) is 10.9. The van der Waals surface area contributed by atoms with E-state index in [0.29, 0.717) is 12.8 Å². The number of carbonyl (C=O) groups excluding carboxylic acids is 1. The van der Waals surface area contributed by atoms with Crippen molar-refractivity contribution < 1.29 is 9.18 Å². The van der Waals surface area contributed by atoms with Gasteiger partial charge in [0.2, 0.25) is 0 Å². The molecule has 0 fully saturated rings. The van der Waals surface area contributed by atoms with Crippen molar-refractivity contribution in [1.82, 2.24) is 0 Å². The first-order valence-electron chi connectivity index (χ1n) is 4.94. The third-order valence-corrected chi connectivity index (χ3v) is 2.17. The summed E-state index contributed by atoms with van der Waals surface area (Å²) in [5.74, 6) is 0. The Hall–Kier alpha value is -1.18. The number of hydrogen-bond donors (Lipinski definition) is 0. The molecule has 0 bridgehead atoms. The largest absolute Gasteiger partial charge is 0.303 e. The number of halogens is 1. The van der Waals surface area contributed by atoms with Gasteiger partial charge in [-0.3, -0.25) is 4.39 Å². The quantitative estimate of drug-likeness (QED) is 0.636. The predicted octanol–water partition coefficient (Wildman–Crippen LogP) is 2.72. The average Bonchev–Trinajstić information content (AvgIpc) is 2.25. The third kappa shape index (κ3) is 3.69. The normalized spacial score (nSPS) is 10.1. The molecule has 0 N–H and O–H groups in total. The number of rotatable bonds is 6. The van der Waals surface area contributed by atoms with E-state index in [1.54, 1.807) is 0 Å². The van der Waals surface area contributed by atoms with Crippen LogP contribution in [0.15, 0.2) is 24.3 Å². The molecule has 0 heterocycles. The number of aryl methyl sites for hydroxylation is 2. The SMILES string of the molecule is O=CCCc1ccc(CCCF)cc1. The van der Waals surface area contributed by atoms with Gasteiger partial charge in [-0.1, -0.05) is 24.3 Å². The molecule has 0 unspecified atom stereocenters. The molecule has 1 aromatic carbocycles. The number of benzene rings is 1. The van der Waals surface area contributed by atoms with Crippen LogP contribution in [0, 0.1) is 0 Å². The van der Waals surface area contributed by atoms with Crippen LogP contribution in [-0.4, -0.2) is 13.0 Å². The molecule has 0 aliphatic carbocycles. The standard InChI is InChI=1S/C12H15FO/c13-9-1-3-11-5-7-12(8-6-11)4-2-10-14/h5-8,10H,1-4,9H2. The topological polar surface area (TPSA) is 17.1 Å². The molecule has 1 nitrogen and oxygen atoms in total. The van der Waals surface area contributed by atoms with E-state index < -0.39 is 0 Å². The summed E-state index contributed by atoms with van der Waals surface area (Å²) in [7, 11) is 0. The zero-order valence-corrected chi connectivity index (χ0v) is 8.21. The fourth-order valence-corrected chi connectivity index (χ4v) is 1.37. The summed E-state index contributed by atoms with van der Waals surface area (Å²) in [6, 6.07) is 8.04. The lowest BCUT2D eigenvalue weighted by Gasteiger charge is -2.01. The maximum atomic E-state index is 11.9. The van der Waals surface area contributed by atoms with Gasteiger partial charge in [-0.05, 0) is 30.4 Å². The molecule has 0 amide bonds. The highest BCUT2D eigenvalue weighted by Crippen LogP contribution is 2.08. The second kappa shape index (κ2) is 6.30. The van der Waals surface area contributed by atoms with Gasteiger partial charge in [0.1, 0.15) is 6.29 Å². The van der Waals surface area contributed by atoms with Crippen LogP contribution in [0.4, 0.5) is 4.39 Å². The molecule has 2 heteroatoms. The van der Waals surface area contributed by atoms with Gasteiger partial charge in [0.25, 0.3) is 0 Å². The summed E-state index contributed by atoms with van der Waals surface area (Å²) in [6.45, 7) is -0.257. The Morgan fingerprint density at radius 2 is 1.64 bits per heavy atom. The van der Waals surface area contributed by atoms with Gasteiger partial charge in [-0.2, -0.15) is 0 Å². The van der Waals surface area contributed by atoms with E-state index in [-0.39, 0.29) is 6.67 Å². The van der Waals surface area contributed by atoms with Crippen molar-refractivity contribution in [1.29, 1.82) is 0 Å². The van der Waals surface area contributed by atoms with E-state index in [0.717, 1.165) is 24.7 Å². The number of carbonyl (C=O) groups is 1. The van der Waals surface area contributed by atoms with Crippen molar-refractivity contribution in [3.05, 3.63) is 35.4 Å². The highest BCUT2D eigenvalue weighted by atomic mass is 19.1. The Morgan fingerprint density at radius 3 is 2.14 bits per heavy atom.